The van der Waals surface area contributed by atoms with E-state index in [0.29, 0.717) is 25.2 Å². The first-order chi connectivity index (χ1) is 8.60. The molecule has 98 valence electrons. The smallest absolute Gasteiger partial charge is 0.254 e. The van der Waals surface area contributed by atoms with Gasteiger partial charge < -0.3 is 15.4 Å². The van der Waals surface area contributed by atoms with Crippen LogP contribution in [0.5, 0.6) is 0 Å². The highest BCUT2D eigenvalue weighted by Crippen LogP contribution is 2.14. The van der Waals surface area contributed by atoms with Crippen LogP contribution < -0.4 is 5.73 Å². The van der Waals surface area contributed by atoms with Crippen LogP contribution in [0.2, 0.25) is 0 Å². The molecule has 4 heteroatoms. The van der Waals surface area contributed by atoms with E-state index in [9.17, 15) is 4.79 Å². The summed E-state index contributed by atoms with van der Waals surface area (Å²) >= 11 is 0. The van der Waals surface area contributed by atoms with Crippen LogP contribution in [0.15, 0.2) is 24.3 Å². The minimum atomic E-state index is 0.0700. The number of hydrogen-bond acceptors (Lipinski definition) is 3. The molecule has 1 aliphatic heterocycles. The summed E-state index contributed by atoms with van der Waals surface area (Å²) in [6.45, 7) is 5.80. The van der Waals surface area contributed by atoms with Crippen molar-refractivity contribution in [3.8, 4) is 0 Å². The van der Waals surface area contributed by atoms with Gasteiger partial charge in [-0.15, -0.1) is 0 Å². The molecule has 0 aliphatic carbocycles. The van der Waals surface area contributed by atoms with E-state index in [0.717, 1.165) is 5.56 Å². The number of ether oxygens (including phenoxy) is 1. The highest BCUT2D eigenvalue weighted by atomic mass is 16.5. The van der Waals surface area contributed by atoms with E-state index in [-0.39, 0.29) is 18.1 Å². The van der Waals surface area contributed by atoms with Crippen molar-refractivity contribution >= 4 is 5.91 Å². The van der Waals surface area contributed by atoms with Crippen molar-refractivity contribution in [2.24, 2.45) is 5.73 Å². The lowest BCUT2D eigenvalue weighted by Crippen LogP contribution is -2.48. The average Bonchev–Trinajstić information content (AvgIpc) is 2.37. The van der Waals surface area contributed by atoms with E-state index < -0.39 is 0 Å². The van der Waals surface area contributed by atoms with Gasteiger partial charge in [0.15, 0.2) is 0 Å². The molecule has 1 heterocycles. The van der Waals surface area contributed by atoms with E-state index in [1.807, 2.05) is 43.0 Å². The molecule has 0 aromatic heterocycles. The highest BCUT2D eigenvalue weighted by Gasteiger charge is 2.26. The standard InChI is InChI=1S/C14H20N2O2/c1-10-8-16(9-11(2)18-10)14(17)13-5-3-12(7-15)4-6-13/h3-6,10-11H,7-9,15H2,1-2H3. The molecule has 1 amide bonds. The first-order valence-corrected chi connectivity index (χ1v) is 6.34. The van der Waals surface area contributed by atoms with E-state index in [4.69, 9.17) is 10.5 Å². The number of carbonyl (C=O) groups is 1. The fourth-order valence-electron chi connectivity index (χ4n) is 2.31. The third-order valence-electron chi connectivity index (χ3n) is 3.14. The maximum Gasteiger partial charge on any atom is 0.254 e. The Labute approximate surface area is 108 Å². The monoisotopic (exact) mass is 248 g/mol. The minimum Gasteiger partial charge on any atom is -0.372 e. The molecule has 1 saturated heterocycles. The van der Waals surface area contributed by atoms with Gasteiger partial charge in [-0.2, -0.15) is 0 Å². The lowest BCUT2D eigenvalue weighted by Gasteiger charge is -2.35. The number of hydrogen-bond donors (Lipinski definition) is 1. The van der Waals surface area contributed by atoms with Crippen LogP contribution in [0.3, 0.4) is 0 Å². The predicted octanol–water partition coefficient (Wildman–Crippen LogP) is 1.39. The van der Waals surface area contributed by atoms with E-state index in [1.54, 1.807) is 0 Å². The third-order valence-corrected chi connectivity index (χ3v) is 3.14. The van der Waals surface area contributed by atoms with Gasteiger partial charge in [0.25, 0.3) is 5.91 Å². The van der Waals surface area contributed by atoms with Gasteiger partial charge in [-0.05, 0) is 31.5 Å². The Morgan fingerprint density at radius 1 is 1.28 bits per heavy atom. The second kappa shape index (κ2) is 5.50. The molecule has 0 spiro atoms. The number of carbonyl (C=O) groups excluding carboxylic acids is 1. The number of morpholine rings is 1. The maximum atomic E-state index is 12.3. The molecule has 0 saturated carbocycles. The van der Waals surface area contributed by atoms with Crippen LogP contribution in [-0.2, 0) is 11.3 Å². The summed E-state index contributed by atoms with van der Waals surface area (Å²) in [4.78, 5) is 14.2. The van der Waals surface area contributed by atoms with Gasteiger partial charge in [0.1, 0.15) is 0 Å². The Morgan fingerprint density at radius 2 is 1.83 bits per heavy atom. The number of benzene rings is 1. The van der Waals surface area contributed by atoms with Crippen molar-refractivity contribution < 1.29 is 9.53 Å². The van der Waals surface area contributed by atoms with Crippen molar-refractivity contribution in [2.75, 3.05) is 13.1 Å². The van der Waals surface area contributed by atoms with Crippen LogP contribution in [-0.4, -0.2) is 36.1 Å². The van der Waals surface area contributed by atoms with Gasteiger partial charge in [0.05, 0.1) is 12.2 Å². The topological polar surface area (TPSA) is 55.6 Å². The number of rotatable bonds is 2. The van der Waals surface area contributed by atoms with Crippen LogP contribution in [0.25, 0.3) is 0 Å². The van der Waals surface area contributed by atoms with Gasteiger partial charge in [0.2, 0.25) is 0 Å². The maximum absolute atomic E-state index is 12.3. The molecular formula is C14H20N2O2. The molecule has 2 atom stereocenters. The molecule has 1 fully saturated rings. The molecule has 1 aromatic rings. The molecule has 0 bridgehead atoms. The zero-order chi connectivity index (χ0) is 13.1. The summed E-state index contributed by atoms with van der Waals surface area (Å²) in [6, 6.07) is 7.49. The molecule has 2 rings (SSSR count). The quantitative estimate of drug-likeness (QED) is 0.860. The van der Waals surface area contributed by atoms with Crippen molar-refractivity contribution in [3.63, 3.8) is 0 Å². The second-order valence-electron chi connectivity index (χ2n) is 4.87. The molecule has 2 unspecified atom stereocenters. The predicted molar refractivity (Wildman–Crippen MR) is 70.2 cm³/mol. The first kappa shape index (κ1) is 13.1. The summed E-state index contributed by atoms with van der Waals surface area (Å²) in [5.74, 6) is 0.0700. The summed E-state index contributed by atoms with van der Waals surface area (Å²) in [5.41, 5.74) is 7.30. The van der Waals surface area contributed by atoms with Gasteiger partial charge in [-0.1, -0.05) is 12.1 Å². The SMILES string of the molecule is CC1CN(C(=O)c2ccc(CN)cc2)CC(C)O1. The van der Waals surface area contributed by atoms with E-state index in [1.165, 1.54) is 0 Å². The number of nitrogens with two attached hydrogens (primary N) is 1. The summed E-state index contributed by atoms with van der Waals surface area (Å²) in [7, 11) is 0. The van der Waals surface area contributed by atoms with Crippen LogP contribution in [0.1, 0.15) is 29.8 Å². The zero-order valence-electron chi connectivity index (χ0n) is 10.9. The second-order valence-corrected chi connectivity index (χ2v) is 4.87. The lowest BCUT2D eigenvalue weighted by molar-refractivity contribution is -0.0586. The first-order valence-electron chi connectivity index (χ1n) is 6.34. The van der Waals surface area contributed by atoms with Crippen molar-refractivity contribution in [1.82, 2.24) is 4.90 Å². The Hall–Kier alpha value is -1.39. The van der Waals surface area contributed by atoms with Crippen LogP contribution in [0, 0.1) is 0 Å². The zero-order valence-corrected chi connectivity index (χ0v) is 10.9. The molecule has 1 aliphatic rings. The van der Waals surface area contributed by atoms with Crippen molar-refractivity contribution in [3.05, 3.63) is 35.4 Å². The largest absolute Gasteiger partial charge is 0.372 e. The molecular weight excluding hydrogens is 228 g/mol. The third kappa shape index (κ3) is 2.89. The van der Waals surface area contributed by atoms with E-state index in [2.05, 4.69) is 0 Å². The van der Waals surface area contributed by atoms with Crippen molar-refractivity contribution in [2.45, 2.75) is 32.6 Å². The van der Waals surface area contributed by atoms with E-state index >= 15 is 0 Å². The molecule has 1 aromatic carbocycles. The van der Waals surface area contributed by atoms with Gasteiger partial charge in [-0.3, -0.25) is 4.79 Å². The molecule has 2 N–H and O–H groups in total. The Bertz CT molecular complexity index is 406. The number of amides is 1. The van der Waals surface area contributed by atoms with Gasteiger partial charge in [-0.25, -0.2) is 0 Å². The lowest BCUT2D eigenvalue weighted by atomic mass is 10.1. The Kier molecular flexibility index (Phi) is 3.99. The summed E-state index contributed by atoms with van der Waals surface area (Å²) < 4.78 is 5.63. The summed E-state index contributed by atoms with van der Waals surface area (Å²) in [5, 5.41) is 0. The van der Waals surface area contributed by atoms with Crippen LogP contribution >= 0.6 is 0 Å². The molecule has 18 heavy (non-hydrogen) atoms. The number of nitrogens with zero attached hydrogens (tertiary/aromatic N) is 1. The summed E-state index contributed by atoms with van der Waals surface area (Å²) in [6.07, 6.45) is 0.196. The molecule has 4 nitrogen and oxygen atoms in total. The van der Waals surface area contributed by atoms with Crippen molar-refractivity contribution in [1.29, 1.82) is 0 Å². The van der Waals surface area contributed by atoms with Gasteiger partial charge in [0, 0.05) is 25.2 Å². The fourth-order valence-corrected chi connectivity index (χ4v) is 2.31. The average molecular weight is 248 g/mol. The Balaban J connectivity index is 2.09. The van der Waals surface area contributed by atoms with Gasteiger partial charge >= 0.3 is 0 Å². The minimum absolute atomic E-state index is 0.0700. The normalized spacial score (nSPS) is 24.1. The van der Waals surface area contributed by atoms with Crippen LogP contribution in [0.4, 0.5) is 0 Å². The Morgan fingerprint density at radius 3 is 2.33 bits per heavy atom. The fraction of sp³-hybridized carbons (Fsp3) is 0.500. The molecule has 0 radical (unpaired) electrons. The highest BCUT2D eigenvalue weighted by molar-refractivity contribution is 5.94.